The first-order chi connectivity index (χ1) is 15.6. The minimum absolute atomic E-state index is 0.00165. The monoisotopic (exact) mass is 433 g/mol. The van der Waals surface area contributed by atoms with Crippen LogP contribution in [-0.4, -0.2) is 0 Å². The first kappa shape index (κ1) is 20.4. The quantitative estimate of drug-likeness (QED) is 0.300. The van der Waals surface area contributed by atoms with Gasteiger partial charge in [-0.15, -0.1) is 0 Å². The predicted molar refractivity (Wildman–Crippen MR) is 141 cm³/mol. The maximum absolute atomic E-state index is 6.18. The van der Waals surface area contributed by atoms with Crippen LogP contribution in [0.25, 0.3) is 32.7 Å². The largest absolute Gasteiger partial charge is 0.456 e. The van der Waals surface area contributed by atoms with Gasteiger partial charge in [0, 0.05) is 27.9 Å². The fraction of sp³-hybridized carbons (Fsp3) is 0.290. The number of hydrogen-bond acceptors (Lipinski definition) is 2. The molecule has 2 nitrogen and oxygen atoms in total. The lowest BCUT2D eigenvalue weighted by Crippen LogP contribution is -2.42. The van der Waals surface area contributed by atoms with Crippen molar-refractivity contribution in [2.45, 2.75) is 52.4 Å². The fourth-order valence-corrected chi connectivity index (χ4v) is 6.00. The Labute approximate surface area is 195 Å². The number of rotatable bonds is 2. The molecule has 1 heterocycles. The van der Waals surface area contributed by atoms with Crippen molar-refractivity contribution in [2.75, 3.05) is 5.32 Å². The Hall–Kier alpha value is -3.26. The highest BCUT2D eigenvalue weighted by Crippen LogP contribution is 2.64. The zero-order chi connectivity index (χ0) is 23.2. The number of benzene rings is 4. The topological polar surface area (TPSA) is 25.2 Å². The third-order valence-corrected chi connectivity index (χ3v) is 9.12. The van der Waals surface area contributed by atoms with Crippen molar-refractivity contribution in [1.82, 2.24) is 0 Å². The van der Waals surface area contributed by atoms with Crippen LogP contribution >= 0.6 is 0 Å². The molecule has 6 rings (SSSR count). The van der Waals surface area contributed by atoms with Crippen molar-refractivity contribution in [1.29, 1.82) is 0 Å². The SMILES string of the molecule is CC1(C)c2cc3ccccc3c(Nc3ccc4c(c3)oc3ccccc34)c2C(C)(C)C1(C)C. The third-order valence-electron chi connectivity index (χ3n) is 9.12. The summed E-state index contributed by atoms with van der Waals surface area (Å²) >= 11 is 0. The Morgan fingerprint density at radius 3 is 2.09 bits per heavy atom. The van der Waals surface area contributed by atoms with E-state index in [1.807, 2.05) is 12.1 Å². The summed E-state index contributed by atoms with van der Waals surface area (Å²) in [6.45, 7) is 14.5. The van der Waals surface area contributed by atoms with Crippen molar-refractivity contribution in [3.63, 3.8) is 0 Å². The molecular weight excluding hydrogens is 402 g/mol. The second kappa shape index (κ2) is 6.41. The van der Waals surface area contributed by atoms with Gasteiger partial charge in [-0.3, -0.25) is 0 Å². The van der Waals surface area contributed by atoms with Crippen molar-refractivity contribution in [2.24, 2.45) is 5.41 Å². The summed E-state index contributed by atoms with van der Waals surface area (Å²) in [5, 5.41) is 8.72. The van der Waals surface area contributed by atoms with Crippen LogP contribution in [0, 0.1) is 5.41 Å². The van der Waals surface area contributed by atoms with Gasteiger partial charge in [0.1, 0.15) is 11.2 Å². The highest BCUT2D eigenvalue weighted by molar-refractivity contribution is 6.06. The molecule has 2 heteroatoms. The minimum Gasteiger partial charge on any atom is -0.456 e. The van der Waals surface area contributed by atoms with Crippen LogP contribution in [0.5, 0.6) is 0 Å². The molecule has 0 unspecified atom stereocenters. The van der Waals surface area contributed by atoms with Gasteiger partial charge >= 0.3 is 0 Å². The summed E-state index contributed by atoms with van der Waals surface area (Å²) < 4.78 is 6.18. The lowest BCUT2D eigenvalue weighted by Gasteiger charge is -2.44. The molecule has 1 aromatic heterocycles. The molecule has 4 aromatic carbocycles. The van der Waals surface area contributed by atoms with Crippen LogP contribution in [0.4, 0.5) is 11.4 Å². The van der Waals surface area contributed by atoms with E-state index < -0.39 is 0 Å². The molecule has 0 bridgehead atoms. The Balaban J connectivity index is 1.60. The van der Waals surface area contributed by atoms with E-state index in [1.54, 1.807) is 0 Å². The third kappa shape index (κ3) is 2.55. The van der Waals surface area contributed by atoms with Gasteiger partial charge in [0.25, 0.3) is 0 Å². The summed E-state index contributed by atoms with van der Waals surface area (Å²) in [7, 11) is 0. The predicted octanol–water partition coefficient (Wildman–Crippen LogP) is 9.08. The summed E-state index contributed by atoms with van der Waals surface area (Å²) in [6, 6.07) is 25.9. The van der Waals surface area contributed by atoms with Crippen molar-refractivity contribution in [3.8, 4) is 0 Å². The average Bonchev–Trinajstić information content (AvgIpc) is 3.20. The molecule has 33 heavy (non-hydrogen) atoms. The van der Waals surface area contributed by atoms with Gasteiger partial charge in [-0.25, -0.2) is 0 Å². The summed E-state index contributed by atoms with van der Waals surface area (Å²) in [5.41, 5.74) is 7.15. The fourth-order valence-electron chi connectivity index (χ4n) is 6.00. The Morgan fingerprint density at radius 2 is 1.30 bits per heavy atom. The van der Waals surface area contributed by atoms with Crippen molar-refractivity contribution in [3.05, 3.63) is 83.9 Å². The maximum Gasteiger partial charge on any atom is 0.137 e. The summed E-state index contributed by atoms with van der Waals surface area (Å²) in [4.78, 5) is 0. The van der Waals surface area contributed by atoms with E-state index in [1.165, 1.54) is 27.6 Å². The molecule has 5 aromatic rings. The molecule has 1 N–H and O–H groups in total. The number of fused-ring (bicyclic) bond motifs is 5. The smallest absolute Gasteiger partial charge is 0.137 e. The van der Waals surface area contributed by atoms with E-state index in [-0.39, 0.29) is 16.2 Å². The molecule has 0 spiro atoms. The molecule has 1 aliphatic rings. The van der Waals surface area contributed by atoms with Crippen molar-refractivity contribution < 1.29 is 4.42 Å². The number of para-hydroxylation sites is 1. The molecule has 0 radical (unpaired) electrons. The zero-order valence-electron chi connectivity index (χ0n) is 20.3. The lowest BCUT2D eigenvalue weighted by atomic mass is 9.59. The normalized spacial score (nSPS) is 18.1. The number of hydrogen-bond donors (Lipinski definition) is 1. The zero-order valence-corrected chi connectivity index (χ0v) is 20.3. The van der Waals surface area contributed by atoms with Gasteiger partial charge in [0.15, 0.2) is 0 Å². The molecule has 0 amide bonds. The van der Waals surface area contributed by atoms with Crippen molar-refractivity contribution >= 4 is 44.1 Å². The average molecular weight is 434 g/mol. The van der Waals surface area contributed by atoms with E-state index in [2.05, 4.69) is 108 Å². The molecule has 0 aliphatic heterocycles. The Bertz CT molecular complexity index is 1560. The van der Waals surface area contributed by atoms with Crippen LogP contribution in [0.15, 0.2) is 77.2 Å². The van der Waals surface area contributed by atoms with E-state index >= 15 is 0 Å². The van der Waals surface area contributed by atoms with Crippen LogP contribution < -0.4 is 5.32 Å². The molecule has 0 atom stereocenters. The van der Waals surface area contributed by atoms with Gasteiger partial charge in [0.05, 0.1) is 5.69 Å². The standard InChI is InChI=1S/C31H31NO/c1-29(2)24-17-19-11-7-8-12-21(19)28(27(24)30(3,4)31(29,5)6)32-20-15-16-23-22-13-9-10-14-25(22)33-26(23)18-20/h7-18,32H,1-6H3. The molecular formula is C31H31NO. The number of nitrogens with one attached hydrogen (secondary N) is 1. The van der Waals surface area contributed by atoms with Crippen LogP contribution in [0.3, 0.4) is 0 Å². The summed E-state index contributed by atoms with van der Waals surface area (Å²) in [6.07, 6.45) is 0. The first-order valence-electron chi connectivity index (χ1n) is 11.9. The number of anilines is 2. The maximum atomic E-state index is 6.18. The van der Waals surface area contributed by atoms with E-state index in [0.29, 0.717) is 0 Å². The summed E-state index contributed by atoms with van der Waals surface area (Å²) in [5.74, 6) is 0. The van der Waals surface area contributed by atoms with Crippen LogP contribution in [0.1, 0.15) is 52.7 Å². The molecule has 166 valence electrons. The van der Waals surface area contributed by atoms with E-state index in [9.17, 15) is 0 Å². The molecule has 0 saturated heterocycles. The van der Waals surface area contributed by atoms with Crippen LogP contribution in [-0.2, 0) is 10.8 Å². The van der Waals surface area contributed by atoms with Gasteiger partial charge in [-0.05, 0) is 51.0 Å². The van der Waals surface area contributed by atoms with Gasteiger partial charge < -0.3 is 9.73 Å². The van der Waals surface area contributed by atoms with Gasteiger partial charge in [-0.1, -0.05) is 90.1 Å². The second-order valence-corrected chi connectivity index (χ2v) is 11.2. The Morgan fingerprint density at radius 1 is 0.636 bits per heavy atom. The Kier molecular flexibility index (Phi) is 3.95. The minimum atomic E-state index is 0.00165. The molecule has 0 saturated carbocycles. The second-order valence-electron chi connectivity index (χ2n) is 11.2. The van der Waals surface area contributed by atoms with Gasteiger partial charge in [-0.2, -0.15) is 0 Å². The number of furan rings is 1. The highest BCUT2D eigenvalue weighted by atomic mass is 16.3. The first-order valence-corrected chi connectivity index (χ1v) is 11.9. The molecule has 1 aliphatic carbocycles. The highest BCUT2D eigenvalue weighted by Gasteiger charge is 2.58. The lowest BCUT2D eigenvalue weighted by molar-refractivity contribution is 0.125. The van der Waals surface area contributed by atoms with Crippen LogP contribution in [0.2, 0.25) is 0 Å². The van der Waals surface area contributed by atoms with Gasteiger partial charge in [0.2, 0.25) is 0 Å². The van der Waals surface area contributed by atoms with E-state index in [4.69, 9.17) is 4.42 Å². The molecule has 0 fully saturated rings. The van der Waals surface area contributed by atoms with E-state index in [0.717, 1.165) is 27.6 Å².